The number of likely N-dealkylation sites (tertiary alicyclic amines) is 1. The van der Waals surface area contributed by atoms with E-state index in [1.54, 1.807) is 0 Å². The molecule has 1 saturated heterocycles. The predicted octanol–water partition coefficient (Wildman–Crippen LogP) is 1.26. The lowest BCUT2D eigenvalue weighted by Crippen LogP contribution is -2.35. The number of rotatable bonds is 4. The topological polar surface area (TPSA) is 67.1 Å². The fraction of sp³-hybridized carbons (Fsp3) is 0.667. The third-order valence-electron chi connectivity index (χ3n) is 3.21. The van der Waals surface area contributed by atoms with Gasteiger partial charge in [0, 0.05) is 24.3 Å². The molecule has 1 unspecified atom stereocenters. The van der Waals surface area contributed by atoms with Crippen molar-refractivity contribution in [2.45, 2.75) is 32.7 Å². The molecule has 2 heterocycles. The number of anilines is 2. The molecule has 0 aromatic carbocycles. The van der Waals surface area contributed by atoms with Gasteiger partial charge in [0.1, 0.15) is 5.82 Å². The van der Waals surface area contributed by atoms with Crippen LogP contribution in [0.1, 0.15) is 25.5 Å². The smallest absolute Gasteiger partial charge is 0.222 e. The third-order valence-corrected chi connectivity index (χ3v) is 3.21. The van der Waals surface area contributed by atoms with Crippen LogP contribution >= 0.6 is 0 Å². The third kappa shape index (κ3) is 3.30. The normalized spacial score (nSPS) is 18.2. The van der Waals surface area contributed by atoms with E-state index in [-0.39, 0.29) is 0 Å². The highest BCUT2D eigenvalue weighted by Crippen LogP contribution is 2.13. The molecule has 0 spiro atoms. The zero-order chi connectivity index (χ0) is 12.3. The first kappa shape index (κ1) is 12.1. The van der Waals surface area contributed by atoms with Gasteiger partial charge in [-0.2, -0.15) is 4.98 Å². The van der Waals surface area contributed by atoms with E-state index < -0.39 is 0 Å². The molecule has 0 radical (unpaired) electrons. The van der Waals surface area contributed by atoms with Gasteiger partial charge in [-0.05, 0) is 39.8 Å². The molecule has 0 aliphatic carbocycles. The highest BCUT2D eigenvalue weighted by molar-refractivity contribution is 5.40. The monoisotopic (exact) mass is 235 g/mol. The van der Waals surface area contributed by atoms with Crippen LogP contribution in [0.4, 0.5) is 11.8 Å². The number of aromatic nitrogens is 2. The minimum absolute atomic E-state index is 0.335. The Kier molecular flexibility index (Phi) is 3.78. The Morgan fingerprint density at radius 1 is 1.41 bits per heavy atom. The Labute approximate surface area is 102 Å². The number of nitrogens with zero attached hydrogens (tertiary/aromatic N) is 3. The van der Waals surface area contributed by atoms with Crippen LogP contribution < -0.4 is 11.1 Å². The van der Waals surface area contributed by atoms with E-state index in [9.17, 15) is 0 Å². The molecule has 94 valence electrons. The van der Waals surface area contributed by atoms with Crippen molar-refractivity contribution < 1.29 is 0 Å². The van der Waals surface area contributed by atoms with Gasteiger partial charge >= 0.3 is 0 Å². The molecule has 1 aromatic heterocycles. The van der Waals surface area contributed by atoms with Crippen LogP contribution in [-0.4, -0.2) is 40.5 Å². The standard InChI is InChI=1S/C12H21N5/c1-9-7-11(16-12(13)15-9)14-8-10(2)17-5-3-4-6-17/h7,10H,3-6,8H2,1-2H3,(H3,13,14,15,16). The molecule has 1 fully saturated rings. The Balaban J connectivity index is 1.88. The second-order valence-electron chi connectivity index (χ2n) is 4.73. The number of nitrogens with two attached hydrogens (primary N) is 1. The summed E-state index contributed by atoms with van der Waals surface area (Å²) >= 11 is 0. The fourth-order valence-corrected chi connectivity index (χ4v) is 2.25. The quantitative estimate of drug-likeness (QED) is 0.822. The maximum Gasteiger partial charge on any atom is 0.222 e. The number of hydrogen-bond donors (Lipinski definition) is 2. The van der Waals surface area contributed by atoms with Crippen LogP contribution in [0.15, 0.2) is 6.07 Å². The summed E-state index contributed by atoms with van der Waals surface area (Å²) in [5, 5.41) is 3.33. The van der Waals surface area contributed by atoms with Gasteiger partial charge in [-0.3, -0.25) is 4.90 Å². The van der Waals surface area contributed by atoms with Crippen molar-refractivity contribution in [3.8, 4) is 0 Å². The summed E-state index contributed by atoms with van der Waals surface area (Å²) < 4.78 is 0. The first-order valence-corrected chi connectivity index (χ1v) is 6.24. The highest BCUT2D eigenvalue weighted by atomic mass is 15.2. The molecule has 0 bridgehead atoms. The molecule has 0 saturated carbocycles. The van der Waals surface area contributed by atoms with E-state index in [0.717, 1.165) is 18.1 Å². The van der Waals surface area contributed by atoms with Crippen molar-refractivity contribution >= 4 is 11.8 Å². The summed E-state index contributed by atoms with van der Waals surface area (Å²) in [7, 11) is 0. The van der Waals surface area contributed by atoms with Crippen molar-refractivity contribution in [3.05, 3.63) is 11.8 Å². The van der Waals surface area contributed by atoms with E-state index in [0.29, 0.717) is 12.0 Å². The van der Waals surface area contributed by atoms with Gasteiger partial charge in [0.2, 0.25) is 5.95 Å². The van der Waals surface area contributed by atoms with Crippen LogP contribution in [0.5, 0.6) is 0 Å². The fourth-order valence-electron chi connectivity index (χ4n) is 2.25. The van der Waals surface area contributed by atoms with Gasteiger partial charge in [0.05, 0.1) is 0 Å². The van der Waals surface area contributed by atoms with Gasteiger partial charge in [-0.15, -0.1) is 0 Å². The minimum Gasteiger partial charge on any atom is -0.368 e. The Bertz CT molecular complexity index is 353. The summed E-state index contributed by atoms with van der Waals surface area (Å²) in [5.74, 6) is 1.15. The zero-order valence-electron chi connectivity index (χ0n) is 10.6. The SMILES string of the molecule is Cc1cc(NCC(C)N2CCCC2)nc(N)n1. The average Bonchev–Trinajstić information content (AvgIpc) is 2.78. The molecule has 0 amide bonds. The van der Waals surface area contributed by atoms with Crippen molar-refractivity contribution in [1.82, 2.24) is 14.9 Å². The van der Waals surface area contributed by atoms with E-state index in [1.807, 2.05) is 13.0 Å². The molecular weight excluding hydrogens is 214 g/mol. The first-order valence-electron chi connectivity index (χ1n) is 6.24. The first-order chi connectivity index (χ1) is 8.15. The van der Waals surface area contributed by atoms with Crippen molar-refractivity contribution in [1.29, 1.82) is 0 Å². The number of hydrogen-bond acceptors (Lipinski definition) is 5. The molecule has 3 N–H and O–H groups in total. The highest BCUT2D eigenvalue weighted by Gasteiger charge is 2.17. The Morgan fingerprint density at radius 3 is 2.76 bits per heavy atom. The maximum absolute atomic E-state index is 5.62. The molecule has 17 heavy (non-hydrogen) atoms. The van der Waals surface area contributed by atoms with E-state index in [4.69, 9.17) is 5.73 Å². The van der Waals surface area contributed by atoms with E-state index in [1.165, 1.54) is 25.9 Å². The minimum atomic E-state index is 0.335. The van der Waals surface area contributed by atoms with Crippen molar-refractivity contribution in [3.63, 3.8) is 0 Å². The molecule has 5 nitrogen and oxygen atoms in total. The van der Waals surface area contributed by atoms with E-state index >= 15 is 0 Å². The Morgan fingerprint density at radius 2 is 2.12 bits per heavy atom. The van der Waals surface area contributed by atoms with Gasteiger partial charge in [0.15, 0.2) is 0 Å². The summed E-state index contributed by atoms with van der Waals surface area (Å²) in [6.45, 7) is 7.50. The van der Waals surface area contributed by atoms with Crippen LogP contribution in [0, 0.1) is 6.92 Å². The lowest BCUT2D eigenvalue weighted by atomic mass is 10.3. The van der Waals surface area contributed by atoms with Crippen molar-refractivity contribution in [2.24, 2.45) is 0 Å². The molecule has 2 rings (SSSR count). The molecule has 1 aliphatic heterocycles. The number of nitrogens with one attached hydrogen (secondary N) is 1. The lowest BCUT2D eigenvalue weighted by Gasteiger charge is -2.24. The second-order valence-corrected chi connectivity index (χ2v) is 4.73. The molecular formula is C12H21N5. The largest absolute Gasteiger partial charge is 0.368 e. The maximum atomic E-state index is 5.62. The molecule has 1 aliphatic rings. The number of nitrogen functional groups attached to an aromatic ring is 1. The van der Waals surface area contributed by atoms with Gasteiger partial charge < -0.3 is 11.1 Å². The number of aryl methyl sites for hydroxylation is 1. The Hall–Kier alpha value is -1.36. The molecule has 1 atom stereocenters. The van der Waals surface area contributed by atoms with Crippen LogP contribution in [0.25, 0.3) is 0 Å². The van der Waals surface area contributed by atoms with Gasteiger partial charge in [-0.1, -0.05) is 0 Å². The summed E-state index contributed by atoms with van der Waals surface area (Å²) in [6, 6.07) is 2.46. The summed E-state index contributed by atoms with van der Waals surface area (Å²) in [5.41, 5.74) is 6.51. The second kappa shape index (κ2) is 5.31. The van der Waals surface area contributed by atoms with Crippen LogP contribution in [0.3, 0.4) is 0 Å². The van der Waals surface area contributed by atoms with Crippen LogP contribution in [-0.2, 0) is 0 Å². The molecule has 5 heteroatoms. The van der Waals surface area contributed by atoms with Crippen molar-refractivity contribution in [2.75, 3.05) is 30.7 Å². The van der Waals surface area contributed by atoms with Gasteiger partial charge in [0.25, 0.3) is 0 Å². The summed E-state index contributed by atoms with van der Waals surface area (Å²) in [4.78, 5) is 10.7. The molecule has 1 aromatic rings. The lowest BCUT2D eigenvalue weighted by molar-refractivity contribution is 0.269. The average molecular weight is 235 g/mol. The zero-order valence-corrected chi connectivity index (χ0v) is 10.6. The van der Waals surface area contributed by atoms with Crippen LogP contribution in [0.2, 0.25) is 0 Å². The van der Waals surface area contributed by atoms with Gasteiger partial charge in [-0.25, -0.2) is 4.98 Å². The van der Waals surface area contributed by atoms with E-state index in [2.05, 4.69) is 27.1 Å². The predicted molar refractivity (Wildman–Crippen MR) is 69.9 cm³/mol. The summed E-state index contributed by atoms with van der Waals surface area (Å²) in [6.07, 6.45) is 2.65.